The molecule has 120 valence electrons. The molecule has 3 rings (SSSR count). The summed E-state index contributed by atoms with van der Waals surface area (Å²) in [7, 11) is -3.37. The summed E-state index contributed by atoms with van der Waals surface area (Å²) in [5.74, 6) is -0.385. The van der Waals surface area contributed by atoms with Gasteiger partial charge in [-0.3, -0.25) is 4.79 Å². The normalized spacial score (nSPS) is 13.7. The molecule has 0 aliphatic carbocycles. The lowest BCUT2D eigenvalue weighted by Crippen LogP contribution is -2.08. The van der Waals surface area contributed by atoms with Gasteiger partial charge in [0, 0.05) is 12.3 Å². The fraction of sp³-hybridized carbons (Fsp3) is 0.0588. The zero-order valence-corrected chi connectivity index (χ0v) is 13.5. The second kappa shape index (κ2) is 5.83. The van der Waals surface area contributed by atoms with Crippen molar-refractivity contribution in [3.63, 3.8) is 0 Å². The summed E-state index contributed by atoms with van der Waals surface area (Å²) in [4.78, 5) is 12.2. The van der Waals surface area contributed by atoms with Gasteiger partial charge in [0.1, 0.15) is 0 Å². The van der Waals surface area contributed by atoms with Crippen molar-refractivity contribution >= 4 is 32.8 Å². The molecule has 1 aliphatic heterocycles. The largest absolute Gasteiger partial charge is 0.353 e. The van der Waals surface area contributed by atoms with Gasteiger partial charge in [-0.05, 0) is 35.9 Å². The van der Waals surface area contributed by atoms with Crippen LogP contribution in [0.2, 0.25) is 0 Å². The molecule has 0 fully saturated rings. The number of benzene rings is 2. The van der Waals surface area contributed by atoms with Crippen LogP contribution in [0.5, 0.6) is 0 Å². The van der Waals surface area contributed by atoms with Gasteiger partial charge in [0.15, 0.2) is 9.84 Å². The topological polar surface area (TPSA) is 99.1 Å². The lowest BCUT2D eigenvalue weighted by atomic mass is 10.1. The van der Waals surface area contributed by atoms with E-state index in [1.54, 1.807) is 30.3 Å². The SMILES string of the molecule is CS(=O)(=O)c1ccc2c(c1)NC(=O)C=C(c1cccc(C#N)c1)N2. The Morgan fingerprint density at radius 2 is 1.83 bits per heavy atom. The Kier molecular flexibility index (Phi) is 3.83. The van der Waals surface area contributed by atoms with Gasteiger partial charge in [0.05, 0.1) is 33.6 Å². The minimum Gasteiger partial charge on any atom is -0.353 e. The van der Waals surface area contributed by atoms with E-state index in [0.717, 1.165) is 6.26 Å². The van der Waals surface area contributed by atoms with E-state index in [1.807, 2.05) is 0 Å². The number of sulfone groups is 1. The fourth-order valence-corrected chi connectivity index (χ4v) is 3.01. The van der Waals surface area contributed by atoms with Gasteiger partial charge >= 0.3 is 0 Å². The van der Waals surface area contributed by atoms with Crippen molar-refractivity contribution in [1.82, 2.24) is 0 Å². The molecule has 24 heavy (non-hydrogen) atoms. The van der Waals surface area contributed by atoms with E-state index in [9.17, 15) is 13.2 Å². The summed E-state index contributed by atoms with van der Waals surface area (Å²) >= 11 is 0. The first-order chi connectivity index (χ1) is 11.4. The molecule has 0 bridgehead atoms. The number of hydrogen-bond acceptors (Lipinski definition) is 5. The molecule has 0 aromatic heterocycles. The first-order valence-corrected chi connectivity index (χ1v) is 8.90. The van der Waals surface area contributed by atoms with Crippen LogP contribution < -0.4 is 10.6 Å². The summed E-state index contributed by atoms with van der Waals surface area (Å²) in [6.45, 7) is 0. The molecule has 2 aromatic carbocycles. The second-order valence-electron chi connectivity index (χ2n) is 5.34. The summed E-state index contributed by atoms with van der Waals surface area (Å²) in [5, 5.41) is 14.8. The van der Waals surface area contributed by atoms with E-state index < -0.39 is 9.84 Å². The maximum Gasteiger partial charge on any atom is 0.250 e. The van der Waals surface area contributed by atoms with E-state index in [2.05, 4.69) is 16.7 Å². The second-order valence-corrected chi connectivity index (χ2v) is 7.36. The quantitative estimate of drug-likeness (QED) is 0.875. The highest BCUT2D eigenvalue weighted by Gasteiger charge is 2.17. The van der Waals surface area contributed by atoms with Crippen molar-refractivity contribution in [1.29, 1.82) is 5.26 Å². The van der Waals surface area contributed by atoms with Crippen LogP contribution >= 0.6 is 0 Å². The standard InChI is InChI=1S/C17H13N3O3S/c1-24(22,23)13-5-6-14-16(8-13)20-17(21)9-15(19-14)12-4-2-3-11(7-12)10-18/h2-9,19H,1H3,(H,20,21). The minimum absolute atomic E-state index is 0.123. The van der Waals surface area contributed by atoms with Gasteiger partial charge in [0.25, 0.3) is 5.91 Å². The van der Waals surface area contributed by atoms with E-state index in [4.69, 9.17) is 5.26 Å². The van der Waals surface area contributed by atoms with Crippen molar-refractivity contribution in [3.05, 3.63) is 59.7 Å². The number of rotatable bonds is 2. The summed E-state index contributed by atoms with van der Waals surface area (Å²) in [5.41, 5.74) is 2.64. The van der Waals surface area contributed by atoms with Crippen LogP contribution in [0, 0.1) is 11.3 Å². The number of anilines is 2. The maximum atomic E-state index is 12.1. The fourth-order valence-electron chi connectivity index (χ4n) is 2.36. The van der Waals surface area contributed by atoms with Gasteiger partial charge in [-0.15, -0.1) is 0 Å². The third-order valence-corrected chi connectivity index (χ3v) is 4.63. The molecule has 1 aliphatic rings. The molecule has 2 aromatic rings. The molecule has 1 heterocycles. The zero-order valence-electron chi connectivity index (χ0n) is 12.7. The predicted molar refractivity (Wildman–Crippen MR) is 90.9 cm³/mol. The number of hydrogen-bond donors (Lipinski definition) is 2. The van der Waals surface area contributed by atoms with Crippen LogP contribution in [0.4, 0.5) is 11.4 Å². The molecule has 0 radical (unpaired) electrons. The Morgan fingerprint density at radius 3 is 2.54 bits per heavy atom. The molecule has 6 nitrogen and oxygen atoms in total. The number of nitriles is 1. The van der Waals surface area contributed by atoms with Crippen LogP contribution in [0.1, 0.15) is 11.1 Å². The lowest BCUT2D eigenvalue weighted by molar-refractivity contribution is -0.111. The Balaban J connectivity index is 2.05. The third kappa shape index (κ3) is 3.14. The van der Waals surface area contributed by atoms with Crippen LogP contribution in [-0.2, 0) is 14.6 Å². The van der Waals surface area contributed by atoms with Gasteiger partial charge < -0.3 is 10.6 Å². The summed E-state index contributed by atoms with van der Waals surface area (Å²) in [6.07, 6.45) is 2.48. The molecule has 0 saturated carbocycles. The maximum absolute atomic E-state index is 12.1. The van der Waals surface area contributed by atoms with Crippen molar-refractivity contribution in [3.8, 4) is 6.07 Å². The molecule has 0 unspecified atom stereocenters. The third-order valence-electron chi connectivity index (χ3n) is 3.52. The number of amides is 1. The molecular formula is C17H13N3O3S. The van der Waals surface area contributed by atoms with Crippen molar-refractivity contribution < 1.29 is 13.2 Å². The van der Waals surface area contributed by atoms with Crippen molar-refractivity contribution in [2.45, 2.75) is 4.90 Å². The predicted octanol–water partition coefficient (Wildman–Crippen LogP) is 2.37. The molecule has 7 heteroatoms. The average molecular weight is 339 g/mol. The van der Waals surface area contributed by atoms with E-state index >= 15 is 0 Å². The number of fused-ring (bicyclic) bond motifs is 1. The molecular weight excluding hydrogens is 326 g/mol. The molecule has 0 saturated heterocycles. The number of nitrogens with one attached hydrogen (secondary N) is 2. The van der Waals surface area contributed by atoms with E-state index in [1.165, 1.54) is 18.2 Å². The van der Waals surface area contributed by atoms with Crippen LogP contribution in [0.25, 0.3) is 5.70 Å². The highest BCUT2D eigenvalue weighted by atomic mass is 32.2. The highest BCUT2D eigenvalue weighted by Crippen LogP contribution is 2.31. The van der Waals surface area contributed by atoms with Gasteiger partial charge in [-0.1, -0.05) is 12.1 Å². The first kappa shape index (κ1) is 15.8. The summed E-state index contributed by atoms with van der Waals surface area (Å²) < 4.78 is 23.3. The number of carbonyl (C=O) groups excluding carboxylic acids is 1. The smallest absolute Gasteiger partial charge is 0.250 e. The average Bonchev–Trinajstić information content (AvgIpc) is 2.71. The van der Waals surface area contributed by atoms with Crippen LogP contribution in [0.3, 0.4) is 0 Å². The summed E-state index contributed by atoms with van der Waals surface area (Å²) in [6, 6.07) is 13.4. The zero-order chi connectivity index (χ0) is 17.3. The van der Waals surface area contributed by atoms with Gasteiger partial charge in [0.2, 0.25) is 0 Å². The van der Waals surface area contributed by atoms with Gasteiger partial charge in [-0.25, -0.2) is 8.42 Å². The molecule has 1 amide bonds. The molecule has 0 spiro atoms. The lowest BCUT2D eigenvalue weighted by Gasteiger charge is -2.12. The highest BCUT2D eigenvalue weighted by molar-refractivity contribution is 7.90. The number of carbonyl (C=O) groups is 1. The molecule has 2 N–H and O–H groups in total. The monoisotopic (exact) mass is 339 g/mol. The Bertz CT molecular complexity index is 1020. The first-order valence-electron chi connectivity index (χ1n) is 7.01. The number of nitrogens with zero attached hydrogens (tertiary/aromatic N) is 1. The van der Waals surface area contributed by atoms with Crippen molar-refractivity contribution in [2.75, 3.05) is 16.9 Å². The van der Waals surface area contributed by atoms with E-state index in [-0.39, 0.29) is 10.8 Å². The molecule has 0 atom stereocenters. The van der Waals surface area contributed by atoms with Crippen molar-refractivity contribution in [2.24, 2.45) is 0 Å². The Morgan fingerprint density at radius 1 is 1.04 bits per heavy atom. The van der Waals surface area contributed by atoms with Crippen LogP contribution in [0.15, 0.2) is 53.4 Å². The van der Waals surface area contributed by atoms with Gasteiger partial charge in [-0.2, -0.15) is 5.26 Å². The Labute approximate surface area is 139 Å². The van der Waals surface area contributed by atoms with Crippen LogP contribution in [-0.4, -0.2) is 20.6 Å². The minimum atomic E-state index is -3.37. The van der Waals surface area contributed by atoms with E-state index in [0.29, 0.717) is 28.2 Å². The Hall–Kier alpha value is -3.11.